The molecule has 5 heteroatoms. The van der Waals surface area contributed by atoms with Gasteiger partial charge in [0.05, 0.1) is 16.9 Å². The van der Waals surface area contributed by atoms with E-state index in [-0.39, 0.29) is 16.0 Å². The number of hydrogen-bond acceptors (Lipinski definition) is 3. The maximum Gasteiger partial charge on any atom is 0.277 e. The van der Waals surface area contributed by atoms with Gasteiger partial charge in [-0.3, -0.25) is 10.1 Å². The lowest BCUT2D eigenvalue weighted by Crippen LogP contribution is -2.14. The molecule has 0 bridgehead atoms. The van der Waals surface area contributed by atoms with Gasteiger partial charge in [-0.1, -0.05) is 34.1 Å². The van der Waals surface area contributed by atoms with Gasteiger partial charge >= 0.3 is 0 Å². The Morgan fingerprint density at radius 2 is 1.90 bits per heavy atom. The van der Waals surface area contributed by atoms with Gasteiger partial charge in [0.25, 0.3) is 5.69 Å². The SMILES string of the molecule is O=[N+]([O-])c1ccc(OCC2(CBr)CC2)c2ccccc12. The topological polar surface area (TPSA) is 52.4 Å². The van der Waals surface area contributed by atoms with Crippen LogP contribution in [0.5, 0.6) is 5.75 Å². The molecule has 0 spiro atoms. The van der Waals surface area contributed by atoms with Gasteiger partial charge in [-0.2, -0.15) is 0 Å². The smallest absolute Gasteiger partial charge is 0.277 e. The minimum Gasteiger partial charge on any atom is -0.492 e. The molecule has 1 fully saturated rings. The summed E-state index contributed by atoms with van der Waals surface area (Å²) in [6, 6.07) is 10.5. The van der Waals surface area contributed by atoms with Gasteiger partial charge in [0.1, 0.15) is 5.75 Å². The Kier molecular flexibility index (Phi) is 3.38. The number of nitro benzene ring substituents is 1. The number of rotatable bonds is 5. The van der Waals surface area contributed by atoms with Crippen molar-refractivity contribution in [3.8, 4) is 5.75 Å². The van der Waals surface area contributed by atoms with Crippen molar-refractivity contribution in [3.05, 3.63) is 46.5 Å². The molecule has 1 aliphatic rings. The van der Waals surface area contributed by atoms with Crippen LogP contribution in [0.25, 0.3) is 10.8 Å². The average molecular weight is 336 g/mol. The second kappa shape index (κ2) is 5.05. The van der Waals surface area contributed by atoms with Crippen LogP contribution in [0.2, 0.25) is 0 Å². The zero-order valence-corrected chi connectivity index (χ0v) is 12.4. The zero-order chi connectivity index (χ0) is 14.2. The Morgan fingerprint density at radius 3 is 2.50 bits per heavy atom. The fraction of sp³-hybridized carbons (Fsp3) is 0.333. The molecule has 0 heterocycles. The number of hydrogen-bond donors (Lipinski definition) is 0. The minimum atomic E-state index is -0.354. The van der Waals surface area contributed by atoms with Crippen molar-refractivity contribution >= 4 is 32.4 Å². The molecule has 20 heavy (non-hydrogen) atoms. The van der Waals surface area contributed by atoms with E-state index in [0.717, 1.165) is 16.5 Å². The molecule has 0 unspecified atom stereocenters. The third kappa shape index (κ3) is 2.38. The zero-order valence-electron chi connectivity index (χ0n) is 10.8. The van der Waals surface area contributed by atoms with Crippen molar-refractivity contribution in [1.29, 1.82) is 0 Å². The van der Waals surface area contributed by atoms with Crippen molar-refractivity contribution in [2.24, 2.45) is 5.41 Å². The molecule has 1 aliphatic carbocycles. The highest BCUT2D eigenvalue weighted by atomic mass is 79.9. The molecular weight excluding hydrogens is 322 g/mol. The molecule has 3 rings (SSSR count). The van der Waals surface area contributed by atoms with Gasteiger partial charge in [0, 0.05) is 22.2 Å². The van der Waals surface area contributed by atoms with E-state index in [0.29, 0.717) is 12.0 Å². The van der Waals surface area contributed by atoms with Crippen molar-refractivity contribution in [1.82, 2.24) is 0 Å². The molecule has 2 aromatic carbocycles. The Morgan fingerprint density at radius 1 is 1.20 bits per heavy atom. The van der Waals surface area contributed by atoms with Gasteiger partial charge in [-0.15, -0.1) is 0 Å². The van der Waals surface area contributed by atoms with Gasteiger partial charge in [0.15, 0.2) is 0 Å². The van der Waals surface area contributed by atoms with E-state index in [9.17, 15) is 10.1 Å². The summed E-state index contributed by atoms with van der Waals surface area (Å²) >= 11 is 3.52. The molecule has 2 aromatic rings. The molecule has 0 atom stereocenters. The molecule has 0 aliphatic heterocycles. The van der Waals surface area contributed by atoms with Crippen LogP contribution in [0.4, 0.5) is 5.69 Å². The molecule has 0 amide bonds. The second-order valence-corrected chi connectivity index (χ2v) is 5.87. The molecule has 0 aromatic heterocycles. The average Bonchev–Trinajstić information content (AvgIpc) is 3.25. The van der Waals surface area contributed by atoms with Crippen LogP contribution in [-0.2, 0) is 0 Å². The molecular formula is C15H14BrNO3. The fourth-order valence-corrected chi connectivity index (χ4v) is 2.99. The predicted octanol–water partition coefficient (Wildman–Crippen LogP) is 4.30. The minimum absolute atomic E-state index is 0.120. The predicted molar refractivity (Wildman–Crippen MR) is 81.6 cm³/mol. The third-order valence-electron chi connectivity index (χ3n) is 3.83. The standard InChI is InChI=1S/C15H14BrNO3/c16-9-15(7-8-15)10-20-14-6-5-13(17(18)19)11-3-1-2-4-12(11)14/h1-6H,7-10H2. The summed E-state index contributed by atoms with van der Waals surface area (Å²) in [6.45, 7) is 0.653. The van der Waals surface area contributed by atoms with Crippen LogP contribution in [0, 0.1) is 15.5 Å². The van der Waals surface area contributed by atoms with Crippen LogP contribution in [0.3, 0.4) is 0 Å². The van der Waals surface area contributed by atoms with Crippen LogP contribution >= 0.6 is 15.9 Å². The quantitative estimate of drug-likeness (QED) is 0.465. The van der Waals surface area contributed by atoms with Gasteiger partial charge in [-0.25, -0.2) is 0 Å². The van der Waals surface area contributed by atoms with Crippen LogP contribution in [0.1, 0.15) is 12.8 Å². The van der Waals surface area contributed by atoms with E-state index in [2.05, 4.69) is 15.9 Å². The van der Waals surface area contributed by atoms with Gasteiger partial charge in [0.2, 0.25) is 0 Å². The summed E-state index contributed by atoms with van der Waals surface area (Å²) in [6.07, 6.45) is 2.34. The number of alkyl halides is 1. The number of nitro groups is 1. The monoisotopic (exact) mass is 335 g/mol. The molecule has 104 valence electrons. The Bertz CT molecular complexity index is 667. The van der Waals surface area contributed by atoms with E-state index in [1.807, 2.05) is 12.1 Å². The van der Waals surface area contributed by atoms with Crippen molar-refractivity contribution in [2.75, 3.05) is 11.9 Å². The number of fused-ring (bicyclic) bond motifs is 1. The highest BCUT2D eigenvalue weighted by molar-refractivity contribution is 9.09. The molecule has 0 saturated heterocycles. The lowest BCUT2D eigenvalue weighted by molar-refractivity contribution is -0.383. The van der Waals surface area contributed by atoms with Crippen LogP contribution in [-0.4, -0.2) is 16.9 Å². The molecule has 1 saturated carbocycles. The maximum atomic E-state index is 11.1. The summed E-state index contributed by atoms with van der Waals surface area (Å²) in [5, 5.41) is 13.4. The summed E-state index contributed by atoms with van der Waals surface area (Å²) in [4.78, 5) is 10.7. The number of non-ortho nitro benzene ring substituents is 1. The molecule has 0 N–H and O–H groups in total. The van der Waals surface area contributed by atoms with E-state index in [1.165, 1.54) is 18.9 Å². The summed E-state index contributed by atoms with van der Waals surface area (Å²) in [5.74, 6) is 0.721. The van der Waals surface area contributed by atoms with Crippen molar-refractivity contribution < 1.29 is 9.66 Å². The lowest BCUT2D eigenvalue weighted by Gasteiger charge is -2.14. The summed E-state index contributed by atoms with van der Waals surface area (Å²) in [5.41, 5.74) is 0.373. The van der Waals surface area contributed by atoms with Gasteiger partial charge in [-0.05, 0) is 25.0 Å². The number of halogens is 1. The second-order valence-electron chi connectivity index (χ2n) is 5.31. The summed E-state index contributed by atoms with van der Waals surface area (Å²) in [7, 11) is 0. The maximum absolute atomic E-state index is 11.1. The largest absolute Gasteiger partial charge is 0.492 e. The van der Waals surface area contributed by atoms with E-state index < -0.39 is 0 Å². The van der Waals surface area contributed by atoms with E-state index in [1.54, 1.807) is 18.2 Å². The first-order chi connectivity index (χ1) is 9.65. The Hall–Kier alpha value is -1.62. The van der Waals surface area contributed by atoms with Crippen molar-refractivity contribution in [2.45, 2.75) is 12.8 Å². The first kappa shape index (κ1) is 13.4. The first-order valence-electron chi connectivity index (χ1n) is 6.50. The number of ether oxygens (including phenoxy) is 1. The Labute approximate surface area is 125 Å². The molecule has 4 nitrogen and oxygen atoms in total. The van der Waals surface area contributed by atoms with E-state index >= 15 is 0 Å². The molecule has 0 radical (unpaired) electrons. The third-order valence-corrected chi connectivity index (χ3v) is 5.02. The number of nitrogens with zero attached hydrogens (tertiary/aromatic N) is 1. The normalized spacial score (nSPS) is 16.1. The van der Waals surface area contributed by atoms with Crippen molar-refractivity contribution in [3.63, 3.8) is 0 Å². The fourth-order valence-electron chi connectivity index (χ4n) is 2.26. The highest BCUT2D eigenvalue weighted by Crippen LogP contribution is 2.47. The van der Waals surface area contributed by atoms with Crippen LogP contribution in [0.15, 0.2) is 36.4 Å². The number of benzene rings is 2. The van der Waals surface area contributed by atoms with Gasteiger partial charge < -0.3 is 4.74 Å². The first-order valence-corrected chi connectivity index (χ1v) is 7.62. The summed E-state index contributed by atoms with van der Waals surface area (Å²) < 4.78 is 5.92. The Balaban J connectivity index is 1.96. The highest BCUT2D eigenvalue weighted by Gasteiger charge is 2.42. The van der Waals surface area contributed by atoms with Crippen LogP contribution < -0.4 is 4.74 Å². The lowest BCUT2D eigenvalue weighted by atomic mass is 10.1. The van der Waals surface area contributed by atoms with E-state index in [4.69, 9.17) is 4.74 Å².